The van der Waals surface area contributed by atoms with Gasteiger partial charge in [-0.2, -0.15) is 0 Å². The Morgan fingerprint density at radius 1 is 0.714 bits per heavy atom. The van der Waals surface area contributed by atoms with Crippen LogP contribution in [-0.2, 0) is 9.47 Å². The second kappa shape index (κ2) is 7.89. The fourth-order valence-electron chi connectivity index (χ4n) is 2.36. The molecule has 7 nitrogen and oxygen atoms in total. The average molecular weight is 334 g/mol. The van der Waals surface area contributed by atoms with Crippen LogP contribution in [0.3, 0.4) is 0 Å². The fraction of sp³-hybridized carbons (Fsp3) is 0.917. The van der Waals surface area contributed by atoms with E-state index in [9.17, 15) is 4.79 Å². The minimum atomic E-state index is 0.106. The third-order valence-corrected chi connectivity index (χ3v) is 5.78. The van der Waals surface area contributed by atoms with E-state index in [2.05, 4.69) is 8.61 Å². The molecule has 3 rings (SSSR count). The fourth-order valence-corrected chi connectivity index (χ4v) is 4.35. The SMILES string of the molecule is O=C1N(SN2CCOCC2)CCCN1SN1CCOCC1. The van der Waals surface area contributed by atoms with Crippen molar-refractivity contribution in [2.24, 2.45) is 0 Å². The normalized spacial score (nSPS) is 26.4. The Labute approximate surface area is 134 Å². The number of urea groups is 1. The molecule has 0 saturated carbocycles. The molecule has 0 bridgehead atoms. The lowest BCUT2D eigenvalue weighted by Crippen LogP contribution is -2.47. The van der Waals surface area contributed by atoms with Gasteiger partial charge in [0.05, 0.1) is 26.4 Å². The van der Waals surface area contributed by atoms with Crippen molar-refractivity contribution in [1.82, 2.24) is 17.2 Å². The number of morpholine rings is 2. The van der Waals surface area contributed by atoms with Gasteiger partial charge < -0.3 is 9.47 Å². The van der Waals surface area contributed by atoms with Crippen LogP contribution in [0.25, 0.3) is 0 Å². The minimum Gasteiger partial charge on any atom is -0.379 e. The molecule has 120 valence electrons. The van der Waals surface area contributed by atoms with E-state index in [1.165, 1.54) is 0 Å². The first kappa shape index (κ1) is 15.7. The zero-order chi connectivity index (χ0) is 14.5. The standard InChI is InChI=1S/C12H22N4O3S2/c17-12-15(20-13-4-8-18-9-5-13)2-1-3-16(12)21-14-6-10-19-11-7-14/h1-11H2. The van der Waals surface area contributed by atoms with E-state index in [1.54, 1.807) is 24.3 Å². The van der Waals surface area contributed by atoms with E-state index in [-0.39, 0.29) is 6.03 Å². The Morgan fingerprint density at radius 3 is 1.57 bits per heavy atom. The number of amides is 2. The third kappa shape index (κ3) is 4.40. The number of ether oxygens (including phenoxy) is 2. The Balaban J connectivity index is 1.50. The van der Waals surface area contributed by atoms with E-state index in [0.29, 0.717) is 0 Å². The third-order valence-electron chi connectivity index (χ3n) is 3.52. The van der Waals surface area contributed by atoms with E-state index >= 15 is 0 Å². The maximum atomic E-state index is 12.6. The molecule has 3 aliphatic rings. The van der Waals surface area contributed by atoms with Crippen molar-refractivity contribution in [3.05, 3.63) is 0 Å². The monoisotopic (exact) mass is 334 g/mol. The molecular formula is C12H22N4O3S2. The number of hydrogen-bond donors (Lipinski definition) is 0. The first-order valence-corrected chi connectivity index (χ1v) is 8.89. The molecule has 3 aliphatic heterocycles. The van der Waals surface area contributed by atoms with Crippen molar-refractivity contribution in [3.8, 4) is 0 Å². The van der Waals surface area contributed by atoms with Crippen molar-refractivity contribution in [3.63, 3.8) is 0 Å². The number of hydrogen-bond acceptors (Lipinski definition) is 7. The van der Waals surface area contributed by atoms with Crippen molar-refractivity contribution in [2.45, 2.75) is 6.42 Å². The summed E-state index contributed by atoms with van der Waals surface area (Å²) in [6, 6.07) is 0.106. The molecule has 0 atom stereocenters. The van der Waals surface area contributed by atoms with E-state index in [0.717, 1.165) is 72.1 Å². The van der Waals surface area contributed by atoms with Crippen LogP contribution in [0.2, 0.25) is 0 Å². The maximum Gasteiger partial charge on any atom is 0.341 e. The summed E-state index contributed by atoms with van der Waals surface area (Å²) in [7, 11) is 0. The number of rotatable bonds is 4. The predicted octanol–water partition coefficient (Wildman–Crippen LogP) is 0.905. The lowest BCUT2D eigenvalue weighted by atomic mass is 10.4. The summed E-state index contributed by atoms with van der Waals surface area (Å²) >= 11 is 3.11. The first-order valence-electron chi connectivity index (χ1n) is 7.43. The highest BCUT2D eigenvalue weighted by Crippen LogP contribution is 2.28. The molecule has 3 heterocycles. The Bertz CT molecular complexity index is 321. The number of carbonyl (C=O) groups excluding carboxylic acids is 1. The molecule has 21 heavy (non-hydrogen) atoms. The van der Waals surface area contributed by atoms with Crippen molar-refractivity contribution in [2.75, 3.05) is 65.7 Å². The number of carbonyl (C=O) groups is 1. The van der Waals surface area contributed by atoms with Gasteiger partial charge in [0, 0.05) is 63.5 Å². The predicted molar refractivity (Wildman–Crippen MR) is 83.4 cm³/mol. The van der Waals surface area contributed by atoms with Crippen LogP contribution in [0.5, 0.6) is 0 Å². The van der Waals surface area contributed by atoms with Crippen LogP contribution < -0.4 is 0 Å². The quantitative estimate of drug-likeness (QED) is 0.708. The highest BCUT2D eigenvalue weighted by molar-refractivity contribution is 7.96. The van der Waals surface area contributed by atoms with Gasteiger partial charge in [-0.05, 0) is 6.42 Å². The Hall–Kier alpha value is -0.190. The zero-order valence-corrected chi connectivity index (χ0v) is 13.7. The molecule has 0 spiro atoms. The van der Waals surface area contributed by atoms with Gasteiger partial charge in [-0.1, -0.05) is 0 Å². The highest BCUT2D eigenvalue weighted by Gasteiger charge is 2.31. The summed E-state index contributed by atoms with van der Waals surface area (Å²) in [6.45, 7) is 8.17. The lowest BCUT2D eigenvalue weighted by molar-refractivity contribution is 0.0747. The summed E-state index contributed by atoms with van der Waals surface area (Å²) < 4.78 is 18.9. The smallest absolute Gasteiger partial charge is 0.341 e. The van der Waals surface area contributed by atoms with E-state index in [4.69, 9.17) is 9.47 Å². The van der Waals surface area contributed by atoms with Crippen molar-refractivity contribution < 1.29 is 14.3 Å². The van der Waals surface area contributed by atoms with Crippen molar-refractivity contribution >= 4 is 30.3 Å². The van der Waals surface area contributed by atoms with Gasteiger partial charge in [-0.15, -0.1) is 0 Å². The van der Waals surface area contributed by atoms with Crippen LogP contribution >= 0.6 is 24.3 Å². The van der Waals surface area contributed by atoms with Gasteiger partial charge >= 0.3 is 6.03 Å². The van der Waals surface area contributed by atoms with Gasteiger partial charge in [0.1, 0.15) is 0 Å². The molecule has 9 heteroatoms. The lowest BCUT2D eigenvalue weighted by Gasteiger charge is -2.38. The Kier molecular flexibility index (Phi) is 5.90. The van der Waals surface area contributed by atoms with Crippen LogP contribution in [0, 0.1) is 0 Å². The van der Waals surface area contributed by atoms with Gasteiger partial charge in [0.25, 0.3) is 0 Å². The molecule has 0 aliphatic carbocycles. The molecule has 0 aromatic carbocycles. The summed E-state index contributed by atoms with van der Waals surface area (Å²) in [6.07, 6.45) is 1.01. The van der Waals surface area contributed by atoms with Gasteiger partial charge in [-0.25, -0.2) is 13.4 Å². The summed E-state index contributed by atoms with van der Waals surface area (Å²) in [4.78, 5) is 12.6. The highest BCUT2D eigenvalue weighted by atomic mass is 32.2. The first-order chi connectivity index (χ1) is 10.3. The minimum absolute atomic E-state index is 0.106. The van der Waals surface area contributed by atoms with E-state index in [1.807, 2.05) is 8.61 Å². The van der Waals surface area contributed by atoms with Crippen LogP contribution in [-0.4, -0.2) is 88.9 Å². The largest absolute Gasteiger partial charge is 0.379 e. The molecular weight excluding hydrogens is 312 g/mol. The molecule has 3 fully saturated rings. The van der Waals surface area contributed by atoms with Crippen LogP contribution in [0.4, 0.5) is 4.79 Å². The second-order valence-corrected chi connectivity index (χ2v) is 7.33. The molecule has 0 unspecified atom stereocenters. The van der Waals surface area contributed by atoms with E-state index < -0.39 is 0 Å². The summed E-state index contributed by atoms with van der Waals surface area (Å²) in [5, 5.41) is 0. The molecule has 0 aromatic heterocycles. The number of nitrogens with zero attached hydrogens (tertiary/aromatic N) is 4. The molecule has 0 N–H and O–H groups in total. The molecule has 3 saturated heterocycles. The Morgan fingerprint density at radius 2 is 1.14 bits per heavy atom. The molecule has 0 aromatic rings. The topological polar surface area (TPSA) is 48.5 Å². The average Bonchev–Trinajstić information content (AvgIpc) is 2.53. The van der Waals surface area contributed by atoms with Gasteiger partial charge in [0.15, 0.2) is 0 Å². The van der Waals surface area contributed by atoms with Crippen LogP contribution in [0.15, 0.2) is 0 Å². The second-order valence-electron chi connectivity index (χ2n) is 5.09. The molecule has 2 amide bonds. The van der Waals surface area contributed by atoms with Crippen molar-refractivity contribution in [1.29, 1.82) is 0 Å². The molecule has 0 radical (unpaired) electrons. The summed E-state index contributed by atoms with van der Waals surface area (Å²) in [5.74, 6) is 0. The van der Waals surface area contributed by atoms with Gasteiger partial charge in [-0.3, -0.25) is 8.61 Å². The summed E-state index contributed by atoms with van der Waals surface area (Å²) in [5.41, 5.74) is 0. The van der Waals surface area contributed by atoms with Crippen LogP contribution in [0.1, 0.15) is 6.42 Å². The zero-order valence-electron chi connectivity index (χ0n) is 12.1. The van der Waals surface area contributed by atoms with Gasteiger partial charge in [0.2, 0.25) is 0 Å². The maximum absolute atomic E-state index is 12.6.